The molecule has 0 spiro atoms. The van der Waals surface area contributed by atoms with E-state index < -0.39 is 17.6 Å². The molecule has 0 atom stereocenters. The number of benzene rings is 3. The molecule has 4 aromatic rings. The Morgan fingerprint density at radius 1 is 1.00 bits per heavy atom. The molecular weight excluding hydrogens is 504 g/mol. The average Bonchev–Trinajstić information content (AvgIpc) is 3.25. The van der Waals surface area contributed by atoms with Crippen LogP contribution in [-0.2, 0) is 6.18 Å². The van der Waals surface area contributed by atoms with Gasteiger partial charge in [-0.1, -0.05) is 23.2 Å². The summed E-state index contributed by atoms with van der Waals surface area (Å²) in [5, 5.41) is 7.81. The van der Waals surface area contributed by atoms with Crippen LogP contribution in [0.3, 0.4) is 0 Å². The van der Waals surface area contributed by atoms with Crippen molar-refractivity contribution in [1.82, 2.24) is 14.8 Å². The Morgan fingerprint density at radius 3 is 2.29 bits per heavy atom. The average molecular weight is 521 g/mol. The van der Waals surface area contributed by atoms with Gasteiger partial charge in [0, 0.05) is 16.8 Å². The highest BCUT2D eigenvalue weighted by atomic mass is 35.5. The standard InChI is InChI=1S/C24H17Cl2F3N4O2/c1-2-35-23-31-21(15-5-12-19(25)20(26)13-15)33(32-23)18-10-8-17(9-11-18)30-22(34)14-3-6-16(7-4-14)24(27,28)29/h3-13H,2H2,1H3,(H,30,34). The third kappa shape index (κ3) is 5.58. The SMILES string of the molecule is CCOc1nc(-c2ccc(Cl)c(Cl)c2)n(-c2ccc(NC(=O)c3ccc(C(F)(F)F)cc3)cc2)n1. The van der Waals surface area contributed by atoms with Crippen molar-refractivity contribution in [2.75, 3.05) is 11.9 Å². The van der Waals surface area contributed by atoms with Crippen LogP contribution in [0.15, 0.2) is 66.7 Å². The summed E-state index contributed by atoms with van der Waals surface area (Å²) in [7, 11) is 0. The molecule has 0 unspecified atom stereocenters. The second-order valence-corrected chi connectivity index (χ2v) is 8.08. The summed E-state index contributed by atoms with van der Waals surface area (Å²) in [6, 6.07) is 15.9. The van der Waals surface area contributed by atoms with Gasteiger partial charge in [-0.25, -0.2) is 4.68 Å². The van der Waals surface area contributed by atoms with Crippen molar-refractivity contribution in [3.05, 3.63) is 87.9 Å². The third-order valence-corrected chi connectivity index (χ3v) is 5.62. The van der Waals surface area contributed by atoms with Gasteiger partial charge in [-0.05, 0) is 73.7 Å². The van der Waals surface area contributed by atoms with E-state index in [0.717, 1.165) is 24.3 Å². The summed E-state index contributed by atoms with van der Waals surface area (Å²) in [6.07, 6.45) is -4.47. The molecule has 3 aromatic carbocycles. The number of ether oxygens (including phenoxy) is 1. The molecule has 0 aliphatic heterocycles. The molecule has 0 radical (unpaired) electrons. The van der Waals surface area contributed by atoms with Gasteiger partial charge in [-0.3, -0.25) is 4.79 Å². The van der Waals surface area contributed by atoms with E-state index in [-0.39, 0.29) is 11.6 Å². The molecule has 0 saturated carbocycles. The zero-order valence-corrected chi connectivity index (χ0v) is 19.6. The normalized spacial score (nSPS) is 11.4. The zero-order chi connectivity index (χ0) is 25.2. The first-order valence-corrected chi connectivity index (χ1v) is 11.1. The molecule has 0 fully saturated rings. The first kappa shape index (κ1) is 24.6. The smallest absolute Gasteiger partial charge is 0.416 e. The quantitative estimate of drug-likeness (QED) is 0.300. The predicted octanol–water partition coefficient (Wildman–Crippen LogP) is 6.91. The summed E-state index contributed by atoms with van der Waals surface area (Å²) in [4.78, 5) is 16.9. The van der Waals surface area contributed by atoms with E-state index in [4.69, 9.17) is 27.9 Å². The van der Waals surface area contributed by atoms with E-state index in [1.165, 1.54) is 0 Å². The second kappa shape index (κ2) is 9.97. The number of rotatable bonds is 6. The van der Waals surface area contributed by atoms with Crippen LogP contribution in [-0.4, -0.2) is 27.3 Å². The predicted molar refractivity (Wildman–Crippen MR) is 127 cm³/mol. The zero-order valence-electron chi connectivity index (χ0n) is 18.1. The maximum Gasteiger partial charge on any atom is 0.416 e. The van der Waals surface area contributed by atoms with Gasteiger partial charge in [-0.15, -0.1) is 5.10 Å². The first-order valence-electron chi connectivity index (χ1n) is 10.3. The van der Waals surface area contributed by atoms with Crippen LogP contribution in [0.5, 0.6) is 6.01 Å². The Morgan fingerprint density at radius 2 is 1.69 bits per heavy atom. The number of carbonyl (C=O) groups excluding carboxylic acids is 1. The summed E-state index contributed by atoms with van der Waals surface area (Å²) >= 11 is 12.2. The highest BCUT2D eigenvalue weighted by Crippen LogP contribution is 2.31. The number of alkyl halides is 3. The lowest BCUT2D eigenvalue weighted by molar-refractivity contribution is -0.137. The van der Waals surface area contributed by atoms with Crippen molar-refractivity contribution in [2.24, 2.45) is 0 Å². The van der Waals surface area contributed by atoms with Crippen molar-refractivity contribution in [2.45, 2.75) is 13.1 Å². The molecule has 11 heteroatoms. The van der Waals surface area contributed by atoms with Crippen molar-refractivity contribution in [3.63, 3.8) is 0 Å². The van der Waals surface area contributed by atoms with E-state index in [2.05, 4.69) is 15.4 Å². The fourth-order valence-corrected chi connectivity index (χ4v) is 3.48. The number of anilines is 1. The van der Waals surface area contributed by atoms with Gasteiger partial charge >= 0.3 is 12.2 Å². The maximum atomic E-state index is 12.7. The number of amides is 1. The molecule has 0 aliphatic rings. The molecule has 0 bridgehead atoms. The van der Waals surface area contributed by atoms with Crippen LogP contribution in [0.2, 0.25) is 10.0 Å². The number of carbonyl (C=O) groups is 1. The van der Waals surface area contributed by atoms with E-state index >= 15 is 0 Å². The van der Waals surface area contributed by atoms with Crippen LogP contribution >= 0.6 is 23.2 Å². The summed E-state index contributed by atoms with van der Waals surface area (Å²) in [6.45, 7) is 2.19. The van der Waals surface area contributed by atoms with Crippen molar-refractivity contribution in [3.8, 4) is 23.1 Å². The molecule has 1 amide bonds. The third-order valence-electron chi connectivity index (χ3n) is 4.88. The number of nitrogens with zero attached hydrogens (tertiary/aromatic N) is 3. The van der Waals surface area contributed by atoms with E-state index in [1.807, 2.05) is 6.92 Å². The molecule has 0 saturated heterocycles. The Bertz CT molecular complexity index is 1350. The lowest BCUT2D eigenvalue weighted by atomic mass is 10.1. The Hall–Kier alpha value is -3.56. The highest BCUT2D eigenvalue weighted by molar-refractivity contribution is 6.42. The van der Waals surface area contributed by atoms with Gasteiger partial charge in [0.1, 0.15) is 0 Å². The Balaban J connectivity index is 1.57. The fourth-order valence-electron chi connectivity index (χ4n) is 3.19. The number of nitrogens with one attached hydrogen (secondary N) is 1. The highest BCUT2D eigenvalue weighted by Gasteiger charge is 2.30. The van der Waals surface area contributed by atoms with E-state index in [9.17, 15) is 18.0 Å². The lowest BCUT2D eigenvalue weighted by Gasteiger charge is -2.10. The topological polar surface area (TPSA) is 69.0 Å². The van der Waals surface area contributed by atoms with Crippen LogP contribution in [0.4, 0.5) is 18.9 Å². The molecule has 1 aromatic heterocycles. The molecular formula is C24H17Cl2F3N4O2. The van der Waals surface area contributed by atoms with Gasteiger partial charge in [0.2, 0.25) is 0 Å². The number of halogens is 5. The van der Waals surface area contributed by atoms with Gasteiger partial charge in [0.25, 0.3) is 5.91 Å². The molecule has 0 aliphatic carbocycles. The van der Waals surface area contributed by atoms with Gasteiger partial charge < -0.3 is 10.1 Å². The Kier molecular flexibility index (Phi) is 7.00. The van der Waals surface area contributed by atoms with Crippen LogP contribution in [0.1, 0.15) is 22.8 Å². The molecule has 1 heterocycles. The minimum absolute atomic E-state index is 0.0987. The molecule has 35 heavy (non-hydrogen) atoms. The summed E-state index contributed by atoms with van der Waals surface area (Å²) in [5.41, 5.74) is 1.01. The van der Waals surface area contributed by atoms with Crippen LogP contribution < -0.4 is 10.1 Å². The first-order chi connectivity index (χ1) is 16.7. The van der Waals surface area contributed by atoms with E-state index in [0.29, 0.717) is 39.4 Å². The maximum absolute atomic E-state index is 12.7. The van der Waals surface area contributed by atoms with Gasteiger partial charge in [0.05, 0.1) is 27.9 Å². The van der Waals surface area contributed by atoms with Crippen LogP contribution in [0, 0.1) is 0 Å². The largest absolute Gasteiger partial charge is 0.463 e. The minimum atomic E-state index is -4.47. The van der Waals surface area contributed by atoms with Crippen LogP contribution in [0.25, 0.3) is 17.1 Å². The number of hydrogen-bond donors (Lipinski definition) is 1. The Labute approximate surface area is 208 Å². The summed E-state index contributed by atoms with van der Waals surface area (Å²) in [5.74, 6) is -0.0732. The van der Waals surface area contributed by atoms with E-state index in [1.54, 1.807) is 47.1 Å². The molecule has 6 nitrogen and oxygen atoms in total. The van der Waals surface area contributed by atoms with Crippen molar-refractivity contribution < 1.29 is 22.7 Å². The van der Waals surface area contributed by atoms with Gasteiger partial charge in [-0.2, -0.15) is 18.2 Å². The monoisotopic (exact) mass is 520 g/mol. The molecule has 180 valence electrons. The molecule has 1 N–H and O–H groups in total. The van der Waals surface area contributed by atoms with Crippen molar-refractivity contribution in [1.29, 1.82) is 0 Å². The second-order valence-electron chi connectivity index (χ2n) is 7.27. The number of aromatic nitrogens is 3. The minimum Gasteiger partial charge on any atom is -0.463 e. The fraction of sp³-hybridized carbons (Fsp3) is 0.125. The molecule has 4 rings (SSSR count). The van der Waals surface area contributed by atoms with Crippen molar-refractivity contribution >= 4 is 34.8 Å². The summed E-state index contributed by atoms with van der Waals surface area (Å²) < 4.78 is 45.2. The lowest BCUT2D eigenvalue weighted by Crippen LogP contribution is -2.13. The number of hydrogen-bond acceptors (Lipinski definition) is 4. The van der Waals surface area contributed by atoms with Gasteiger partial charge in [0.15, 0.2) is 5.82 Å².